The molecule has 0 saturated carbocycles. The van der Waals surface area contributed by atoms with Crippen LogP contribution in [0.3, 0.4) is 0 Å². The Kier molecular flexibility index (Phi) is 11.1. The molecule has 0 radical (unpaired) electrons. The highest BCUT2D eigenvalue weighted by molar-refractivity contribution is 5.98. The molecular formula is C28H35NO7. The minimum Gasteiger partial charge on any atom is -0.464 e. The molecule has 36 heavy (non-hydrogen) atoms. The average Bonchev–Trinajstić information content (AvgIpc) is 2.86. The molecular weight excluding hydrogens is 462 g/mol. The molecule has 2 aromatic carbocycles. The summed E-state index contributed by atoms with van der Waals surface area (Å²) in [5.74, 6) is -0.200. The highest BCUT2D eigenvalue weighted by Gasteiger charge is 2.38. The maximum Gasteiger partial charge on any atom is 0.331 e. The van der Waals surface area contributed by atoms with E-state index in [9.17, 15) is 19.2 Å². The Hall–Kier alpha value is -3.68. The summed E-state index contributed by atoms with van der Waals surface area (Å²) in [7, 11) is 0. The lowest BCUT2D eigenvalue weighted by molar-refractivity contribution is -0.153. The molecule has 0 aromatic heterocycles. The summed E-state index contributed by atoms with van der Waals surface area (Å²) in [5.41, 5.74) is 0.348. The van der Waals surface area contributed by atoms with Gasteiger partial charge in [-0.15, -0.1) is 0 Å². The van der Waals surface area contributed by atoms with Gasteiger partial charge in [-0.3, -0.25) is 14.4 Å². The molecule has 194 valence electrons. The van der Waals surface area contributed by atoms with Crippen LogP contribution in [0.4, 0.5) is 0 Å². The third-order valence-electron chi connectivity index (χ3n) is 5.68. The van der Waals surface area contributed by atoms with E-state index in [2.05, 4.69) is 5.32 Å². The molecule has 0 aliphatic rings. The number of hydrogen-bond acceptors (Lipinski definition) is 7. The molecule has 2 aromatic rings. The van der Waals surface area contributed by atoms with Crippen LogP contribution in [0.5, 0.6) is 11.5 Å². The number of ether oxygens (including phenoxy) is 3. The topological polar surface area (TPSA) is 108 Å². The summed E-state index contributed by atoms with van der Waals surface area (Å²) in [6, 6.07) is 14.0. The molecule has 0 heterocycles. The van der Waals surface area contributed by atoms with Crippen molar-refractivity contribution in [2.24, 2.45) is 0 Å². The Morgan fingerprint density at radius 2 is 1.47 bits per heavy atom. The molecule has 0 saturated heterocycles. The Labute approximate surface area is 212 Å². The molecule has 0 fully saturated rings. The maximum absolute atomic E-state index is 12.6. The molecule has 2 rings (SSSR count). The number of benzene rings is 2. The summed E-state index contributed by atoms with van der Waals surface area (Å²) in [6.45, 7) is 6.81. The number of rotatable bonds is 14. The summed E-state index contributed by atoms with van der Waals surface area (Å²) in [4.78, 5) is 47.9. The second kappa shape index (κ2) is 14.0. The number of nitrogens with one attached hydrogen (secondary N) is 1. The quantitative estimate of drug-likeness (QED) is 0.295. The highest BCUT2D eigenvalue weighted by atomic mass is 16.5. The van der Waals surface area contributed by atoms with Crippen molar-refractivity contribution in [2.75, 3.05) is 13.2 Å². The number of amides is 1. The largest absolute Gasteiger partial charge is 0.464 e. The van der Waals surface area contributed by atoms with Crippen molar-refractivity contribution in [1.82, 2.24) is 5.32 Å². The van der Waals surface area contributed by atoms with Crippen molar-refractivity contribution in [3.63, 3.8) is 0 Å². The lowest BCUT2D eigenvalue weighted by Gasteiger charge is -2.31. The predicted octanol–water partition coefficient (Wildman–Crippen LogP) is 4.79. The zero-order valence-electron chi connectivity index (χ0n) is 21.4. The van der Waals surface area contributed by atoms with Gasteiger partial charge in [0.25, 0.3) is 0 Å². The predicted molar refractivity (Wildman–Crippen MR) is 135 cm³/mol. The minimum absolute atomic E-state index is 0.244. The van der Waals surface area contributed by atoms with Crippen LogP contribution in [0.15, 0.2) is 48.5 Å². The van der Waals surface area contributed by atoms with Crippen molar-refractivity contribution in [3.05, 3.63) is 59.7 Å². The Bertz CT molecular complexity index is 1030. The normalized spacial score (nSPS) is 12.2. The zero-order valence-corrected chi connectivity index (χ0v) is 21.4. The van der Waals surface area contributed by atoms with Crippen LogP contribution in [-0.4, -0.2) is 42.4 Å². The minimum atomic E-state index is -1.06. The summed E-state index contributed by atoms with van der Waals surface area (Å²) < 4.78 is 16.0. The van der Waals surface area contributed by atoms with Gasteiger partial charge >= 0.3 is 11.9 Å². The Morgan fingerprint density at radius 3 is 2.00 bits per heavy atom. The zero-order chi connectivity index (χ0) is 26.6. The third kappa shape index (κ3) is 8.52. The fraction of sp³-hybridized carbons (Fsp3) is 0.429. The molecule has 1 N–H and O–H groups in total. The number of carbonyl (C=O) groups is 4. The number of hydrogen-bond donors (Lipinski definition) is 1. The summed E-state index contributed by atoms with van der Waals surface area (Å²) in [5, 5.41) is 2.79. The monoisotopic (exact) mass is 497 g/mol. The molecule has 0 aliphatic carbocycles. The number of carbonyl (C=O) groups excluding carboxylic acids is 4. The van der Waals surface area contributed by atoms with Crippen molar-refractivity contribution in [1.29, 1.82) is 0 Å². The van der Waals surface area contributed by atoms with Crippen molar-refractivity contribution >= 4 is 23.6 Å². The highest BCUT2D eigenvalue weighted by Crippen LogP contribution is 2.25. The van der Waals surface area contributed by atoms with E-state index in [1.165, 1.54) is 6.92 Å². The standard InChI is InChI=1S/C28H35NO7/c1-5-8-26(32)35-19-25(31)22-11-15-24(16-12-22)36-23-13-9-21(10-14-23)17-18-28(6-2,29-20(4)30)27(33)34-7-3/h9-16H,5-8,17-19H2,1-4H3,(H,29,30). The number of ketones is 1. The molecule has 1 amide bonds. The molecule has 1 atom stereocenters. The second-order valence-electron chi connectivity index (χ2n) is 8.44. The number of esters is 2. The van der Waals surface area contributed by atoms with Crippen LogP contribution in [0.1, 0.15) is 69.3 Å². The van der Waals surface area contributed by atoms with Gasteiger partial charge in [0.15, 0.2) is 12.4 Å². The van der Waals surface area contributed by atoms with Gasteiger partial charge in [-0.25, -0.2) is 4.79 Å². The molecule has 8 nitrogen and oxygen atoms in total. The van der Waals surface area contributed by atoms with E-state index in [1.807, 2.05) is 38.1 Å². The Morgan fingerprint density at radius 1 is 0.861 bits per heavy atom. The van der Waals surface area contributed by atoms with Crippen LogP contribution in [0.25, 0.3) is 0 Å². The maximum atomic E-state index is 12.6. The number of Topliss-reactive ketones (excluding diaryl/α,β-unsaturated/α-hetero) is 1. The van der Waals surface area contributed by atoms with E-state index in [4.69, 9.17) is 14.2 Å². The second-order valence-corrected chi connectivity index (χ2v) is 8.44. The van der Waals surface area contributed by atoms with E-state index in [-0.39, 0.29) is 30.9 Å². The average molecular weight is 498 g/mol. The van der Waals surface area contributed by atoms with Crippen LogP contribution < -0.4 is 10.1 Å². The lowest BCUT2D eigenvalue weighted by Crippen LogP contribution is -2.54. The van der Waals surface area contributed by atoms with Gasteiger partial charge in [-0.05, 0) is 74.6 Å². The first-order valence-electron chi connectivity index (χ1n) is 12.2. The van der Waals surface area contributed by atoms with E-state index in [1.54, 1.807) is 31.2 Å². The molecule has 1 unspecified atom stereocenters. The van der Waals surface area contributed by atoms with E-state index in [0.29, 0.717) is 49.2 Å². The van der Waals surface area contributed by atoms with Gasteiger partial charge in [0.05, 0.1) is 6.61 Å². The first-order valence-corrected chi connectivity index (χ1v) is 12.2. The molecule has 0 aliphatic heterocycles. The SMILES string of the molecule is CCCC(=O)OCC(=O)c1ccc(Oc2ccc(CCC(CC)(NC(C)=O)C(=O)OCC)cc2)cc1. The van der Waals surface area contributed by atoms with Gasteiger partial charge in [-0.2, -0.15) is 0 Å². The Balaban J connectivity index is 1.97. The first kappa shape index (κ1) is 28.6. The molecule has 8 heteroatoms. The number of aryl methyl sites for hydroxylation is 1. The van der Waals surface area contributed by atoms with Crippen molar-refractivity contribution in [3.8, 4) is 11.5 Å². The van der Waals surface area contributed by atoms with Gasteiger partial charge in [0.1, 0.15) is 17.0 Å². The van der Waals surface area contributed by atoms with Crippen molar-refractivity contribution < 1.29 is 33.4 Å². The van der Waals surface area contributed by atoms with Crippen LogP contribution >= 0.6 is 0 Å². The van der Waals surface area contributed by atoms with E-state index >= 15 is 0 Å². The smallest absolute Gasteiger partial charge is 0.331 e. The molecule has 0 bridgehead atoms. The first-order chi connectivity index (χ1) is 17.2. The van der Waals surface area contributed by atoms with Gasteiger partial charge in [0.2, 0.25) is 5.91 Å². The van der Waals surface area contributed by atoms with E-state index < -0.39 is 11.5 Å². The fourth-order valence-corrected chi connectivity index (χ4v) is 3.66. The lowest BCUT2D eigenvalue weighted by atomic mass is 9.88. The summed E-state index contributed by atoms with van der Waals surface area (Å²) >= 11 is 0. The van der Waals surface area contributed by atoms with Crippen LogP contribution in [0, 0.1) is 0 Å². The summed E-state index contributed by atoms with van der Waals surface area (Å²) in [6.07, 6.45) is 2.35. The van der Waals surface area contributed by atoms with E-state index in [0.717, 1.165) is 5.56 Å². The molecule has 0 spiro atoms. The van der Waals surface area contributed by atoms with Crippen molar-refractivity contribution in [2.45, 2.75) is 65.3 Å². The van der Waals surface area contributed by atoms with Gasteiger partial charge < -0.3 is 19.5 Å². The third-order valence-corrected chi connectivity index (χ3v) is 5.68. The van der Waals surface area contributed by atoms with Crippen LogP contribution in [0.2, 0.25) is 0 Å². The van der Waals surface area contributed by atoms with Gasteiger partial charge in [-0.1, -0.05) is 26.0 Å². The van der Waals surface area contributed by atoms with Gasteiger partial charge in [0, 0.05) is 18.9 Å². The van der Waals surface area contributed by atoms with Crippen LogP contribution in [-0.2, 0) is 30.3 Å². The fourth-order valence-electron chi connectivity index (χ4n) is 3.66.